The van der Waals surface area contributed by atoms with Gasteiger partial charge < -0.3 is 15.2 Å². The molecule has 4 nitrogen and oxygen atoms in total. The second-order valence-corrected chi connectivity index (χ2v) is 5.59. The average molecular weight is 310 g/mol. The van der Waals surface area contributed by atoms with Crippen molar-refractivity contribution >= 4 is 0 Å². The van der Waals surface area contributed by atoms with Gasteiger partial charge in [-0.3, -0.25) is 0 Å². The molecule has 0 aromatic heterocycles. The van der Waals surface area contributed by atoms with Gasteiger partial charge in [-0.1, -0.05) is 24.3 Å². The Kier molecular flexibility index (Phi) is 6.16. The van der Waals surface area contributed by atoms with Gasteiger partial charge in [0.05, 0.1) is 11.6 Å². The molecule has 2 N–H and O–H groups in total. The molecule has 0 fully saturated rings. The molecule has 0 aliphatic carbocycles. The predicted octanol–water partition coefficient (Wildman–Crippen LogP) is 2.96. The molecule has 0 aliphatic rings. The first-order valence-electron chi connectivity index (χ1n) is 7.70. The summed E-state index contributed by atoms with van der Waals surface area (Å²) in [5.41, 5.74) is 3.05. The van der Waals surface area contributed by atoms with Gasteiger partial charge in [-0.15, -0.1) is 0 Å². The molecule has 2 aromatic carbocycles. The van der Waals surface area contributed by atoms with Crippen molar-refractivity contribution in [3.63, 3.8) is 0 Å². The van der Waals surface area contributed by atoms with E-state index in [1.54, 1.807) is 24.3 Å². The van der Waals surface area contributed by atoms with Crippen LogP contribution in [0.3, 0.4) is 0 Å². The average Bonchev–Trinajstić information content (AvgIpc) is 2.58. The maximum Gasteiger partial charge on any atom is 0.119 e. The largest absolute Gasteiger partial charge is 0.491 e. The standard InChI is InChI=1S/C19H22N2O2/c1-14-5-3-4-6-19(14)15(2)21-12-17(22)13-23-18-9-7-16(11-20)8-10-18/h3-10,15,17,21-22H,12-13H2,1-2H3. The first-order valence-corrected chi connectivity index (χ1v) is 7.70. The number of nitrogens with zero attached hydrogens (tertiary/aromatic N) is 1. The third-order valence-electron chi connectivity index (χ3n) is 3.74. The summed E-state index contributed by atoms with van der Waals surface area (Å²) < 4.78 is 5.53. The van der Waals surface area contributed by atoms with E-state index in [1.807, 2.05) is 12.1 Å². The molecule has 4 heteroatoms. The molecule has 2 rings (SSSR count). The van der Waals surface area contributed by atoms with Gasteiger partial charge in [0, 0.05) is 12.6 Å². The lowest BCUT2D eigenvalue weighted by atomic mass is 10.0. The highest BCUT2D eigenvalue weighted by Gasteiger charge is 2.11. The number of benzene rings is 2. The van der Waals surface area contributed by atoms with Crippen molar-refractivity contribution in [2.24, 2.45) is 0 Å². The molecule has 0 heterocycles. The van der Waals surface area contributed by atoms with Gasteiger partial charge in [-0.2, -0.15) is 5.26 Å². The van der Waals surface area contributed by atoms with Crippen molar-refractivity contribution < 1.29 is 9.84 Å². The Morgan fingerprint density at radius 3 is 2.52 bits per heavy atom. The van der Waals surface area contributed by atoms with E-state index in [2.05, 4.69) is 37.4 Å². The van der Waals surface area contributed by atoms with Crippen molar-refractivity contribution in [2.45, 2.75) is 26.0 Å². The zero-order valence-corrected chi connectivity index (χ0v) is 13.5. The van der Waals surface area contributed by atoms with Gasteiger partial charge in [-0.05, 0) is 49.2 Å². The van der Waals surface area contributed by atoms with Gasteiger partial charge >= 0.3 is 0 Å². The number of aryl methyl sites for hydroxylation is 1. The number of ether oxygens (including phenoxy) is 1. The number of rotatable bonds is 7. The SMILES string of the molecule is Cc1ccccc1C(C)NCC(O)COc1ccc(C#N)cc1. The van der Waals surface area contributed by atoms with E-state index in [0.29, 0.717) is 17.9 Å². The van der Waals surface area contributed by atoms with Crippen LogP contribution >= 0.6 is 0 Å². The van der Waals surface area contributed by atoms with E-state index in [1.165, 1.54) is 11.1 Å². The van der Waals surface area contributed by atoms with Crippen LogP contribution < -0.4 is 10.1 Å². The third kappa shape index (κ3) is 5.10. The van der Waals surface area contributed by atoms with Gasteiger partial charge in [0.2, 0.25) is 0 Å². The van der Waals surface area contributed by atoms with E-state index in [4.69, 9.17) is 10.00 Å². The normalized spacial score (nSPS) is 13.1. The van der Waals surface area contributed by atoms with Crippen LogP contribution in [0.5, 0.6) is 5.75 Å². The minimum Gasteiger partial charge on any atom is -0.491 e. The monoisotopic (exact) mass is 310 g/mol. The number of hydrogen-bond donors (Lipinski definition) is 2. The van der Waals surface area contributed by atoms with Crippen molar-refractivity contribution in [3.05, 3.63) is 65.2 Å². The van der Waals surface area contributed by atoms with Crippen LogP contribution in [0, 0.1) is 18.3 Å². The van der Waals surface area contributed by atoms with Crippen LogP contribution in [0.15, 0.2) is 48.5 Å². The maximum atomic E-state index is 10.0. The summed E-state index contributed by atoms with van der Waals surface area (Å²) in [7, 11) is 0. The maximum absolute atomic E-state index is 10.0. The summed E-state index contributed by atoms with van der Waals surface area (Å²) >= 11 is 0. The van der Waals surface area contributed by atoms with Gasteiger partial charge in [0.1, 0.15) is 18.5 Å². The van der Waals surface area contributed by atoms with Gasteiger partial charge in [0.25, 0.3) is 0 Å². The highest BCUT2D eigenvalue weighted by Crippen LogP contribution is 2.16. The van der Waals surface area contributed by atoms with E-state index >= 15 is 0 Å². The molecular formula is C19H22N2O2. The summed E-state index contributed by atoms with van der Waals surface area (Å²) in [5, 5.41) is 22.1. The van der Waals surface area contributed by atoms with Crippen LogP contribution in [0.2, 0.25) is 0 Å². The van der Waals surface area contributed by atoms with Crippen molar-refractivity contribution in [1.29, 1.82) is 5.26 Å². The summed E-state index contributed by atoms with van der Waals surface area (Å²) in [6.07, 6.45) is -0.600. The fourth-order valence-corrected chi connectivity index (χ4v) is 2.37. The molecule has 2 aromatic rings. The van der Waals surface area contributed by atoms with E-state index in [-0.39, 0.29) is 12.6 Å². The fourth-order valence-electron chi connectivity index (χ4n) is 2.37. The van der Waals surface area contributed by atoms with Crippen molar-refractivity contribution in [1.82, 2.24) is 5.32 Å². The molecule has 120 valence electrons. The Balaban J connectivity index is 1.77. The lowest BCUT2D eigenvalue weighted by molar-refractivity contribution is 0.104. The Labute approximate surface area is 137 Å². The summed E-state index contributed by atoms with van der Waals surface area (Å²) in [6, 6.07) is 17.3. The van der Waals surface area contributed by atoms with Crippen LogP contribution in [-0.2, 0) is 0 Å². The predicted molar refractivity (Wildman–Crippen MR) is 90.3 cm³/mol. The molecule has 0 radical (unpaired) electrons. The molecule has 0 aliphatic heterocycles. The first-order chi connectivity index (χ1) is 11.1. The van der Waals surface area contributed by atoms with Crippen LogP contribution in [0.4, 0.5) is 0 Å². The minimum absolute atomic E-state index is 0.167. The van der Waals surface area contributed by atoms with Crippen molar-refractivity contribution in [2.75, 3.05) is 13.2 Å². The highest BCUT2D eigenvalue weighted by atomic mass is 16.5. The number of hydrogen-bond acceptors (Lipinski definition) is 4. The highest BCUT2D eigenvalue weighted by molar-refractivity contribution is 5.34. The van der Waals surface area contributed by atoms with E-state index in [0.717, 1.165) is 0 Å². The van der Waals surface area contributed by atoms with E-state index in [9.17, 15) is 5.11 Å². The molecule has 0 amide bonds. The molecule has 0 saturated carbocycles. The minimum atomic E-state index is -0.600. The van der Waals surface area contributed by atoms with E-state index < -0.39 is 6.10 Å². The first kappa shape index (κ1) is 17.0. The lowest BCUT2D eigenvalue weighted by Gasteiger charge is -2.19. The number of aliphatic hydroxyl groups excluding tert-OH is 1. The molecule has 2 atom stereocenters. The number of aliphatic hydroxyl groups is 1. The Bertz CT molecular complexity index is 662. The molecule has 0 bridgehead atoms. The second kappa shape index (κ2) is 8.33. The lowest BCUT2D eigenvalue weighted by Crippen LogP contribution is -2.33. The molecule has 23 heavy (non-hydrogen) atoms. The number of nitrogens with one attached hydrogen (secondary N) is 1. The quantitative estimate of drug-likeness (QED) is 0.825. The smallest absolute Gasteiger partial charge is 0.119 e. The van der Waals surface area contributed by atoms with Crippen LogP contribution in [-0.4, -0.2) is 24.4 Å². The topological polar surface area (TPSA) is 65.3 Å². The Morgan fingerprint density at radius 1 is 1.17 bits per heavy atom. The molecule has 0 spiro atoms. The molecular weight excluding hydrogens is 288 g/mol. The molecule has 2 unspecified atom stereocenters. The fraction of sp³-hybridized carbons (Fsp3) is 0.316. The molecule has 0 saturated heterocycles. The van der Waals surface area contributed by atoms with Crippen LogP contribution in [0.25, 0.3) is 0 Å². The van der Waals surface area contributed by atoms with Gasteiger partial charge in [-0.25, -0.2) is 0 Å². The Hall–Kier alpha value is -2.35. The summed E-state index contributed by atoms with van der Waals surface area (Å²) in [4.78, 5) is 0. The van der Waals surface area contributed by atoms with Crippen molar-refractivity contribution in [3.8, 4) is 11.8 Å². The van der Waals surface area contributed by atoms with Gasteiger partial charge in [0.15, 0.2) is 0 Å². The third-order valence-corrected chi connectivity index (χ3v) is 3.74. The summed E-state index contributed by atoms with van der Waals surface area (Å²) in [6.45, 7) is 4.82. The summed E-state index contributed by atoms with van der Waals surface area (Å²) in [5.74, 6) is 0.648. The zero-order chi connectivity index (χ0) is 16.7. The second-order valence-electron chi connectivity index (χ2n) is 5.59. The van der Waals surface area contributed by atoms with Crippen LogP contribution in [0.1, 0.15) is 29.7 Å². The Morgan fingerprint density at radius 2 is 1.87 bits per heavy atom. The zero-order valence-electron chi connectivity index (χ0n) is 13.5. The number of nitriles is 1.